The molecule has 0 aliphatic carbocycles. The van der Waals surface area contributed by atoms with Gasteiger partial charge in [0.25, 0.3) is 0 Å². The summed E-state index contributed by atoms with van der Waals surface area (Å²) in [5.41, 5.74) is 2.53. The fraction of sp³-hybridized carbons (Fsp3) is 0.400. The summed E-state index contributed by atoms with van der Waals surface area (Å²) >= 11 is 5.68. The minimum absolute atomic E-state index is 0.0244. The minimum atomic E-state index is 0.0244. The maximum Gasteiger partial charge on any atom is 0.242 e. The largest absolute Gasteiger partial charge is 0.497 e. The van der Waals surface area contributed by atoms with Crippen molar-refractivity contribution in [1.82, 2.24) is 25.3 Å². The molecular formula is C30H36N6O5S. The summed E-state index contributed by atoms with van der Waals surface area (Å²) in [4.78, 5) is 19.3. The molecule has 3 aromatic rings. The Balaban J connectivity index is 1.20. The highest BCUT2D eigenvalue weighted by Crippen LogP contribution is 2.33. The van der Waals surface area contributed by atoms with Gasteiger partial charge in [0, 0.05) is 50.4 Å². The van der Waals surface area contributed by atoms with Crippen molar-refractivity contribution in [2.45, 2.75) is 26.4 Å². The summed E-state index contributed by atoms with van der Waals surface area (Å²) in [7, 11) is 3.23. The van der Waals surface area contributed by atoms with Gasteiger partial charge >= 0.3 is 0 Å². The highest BCUT2D eigenvalue weighted by Gasteiger charge is 2.25. The molecule has 1 N–H and O–H groups in total. The Labute approximate surface area is 251 Å². The van der Waals surface area contributed by atoms with Gasteiger partial charge in [-0.05, 0) is 68.0 Å². The van der Waals surface area contributed by atoms with E-state index in [1.54, 1.807) is 14.2 Å². The lowest BCUT2D eigenvalue weighted by atomic mass is 10.1. The third-order valence-electron chi connectivity index (χ3n) is 7.13. The summed E-state index contributed by atoms with van der Waals surface area (Å²) < 4.78 is 21.8. The Morgan fingerprint density at radius 3 is 2.48 bits per heavy atom. The van der Waals surface area contributed by atoms with Crippen LogP contribution in [0.2, 0.25) is 0 Å². The third-order valence-corrected chi connectivity index (χ3v) is 7.50. The first-order valence-electron chi connectivity index (χ1n) is 13.9. The Bertz CT molecular complexity index is 1410. The van der Waals surface area contributed by atoms with E-state index in [0.29, 0.717) is 60.8 Å². The normalized spacial score (nSPS) is 14.1. The zero-order valence-electron chi connectivity index (χ0n) is 24.3. The molecule has 222 valence electrons. The summed E-state index contributed by atoms with van der Waals surface area (Å²) in [5.74, 6) is 3.60. The molecule has 3 heterocycles. The van der Waals surface area contributed by atoms with Crippen molar-refractivity contribution in [1.29, 1.82) is 0 Å². The number of hydrogen-bond acceptors (Lipinski definition) is 9. The second kappa shape index (κ2) is 13.1. The van der Waals surface area contributed by atoms with Crippen molar-refractivity contribution < 1.29 is 23.7 Å². The van der Waals surface area contributed by atoms with Gasteiger partial charge in [0.1, 0.15) is 11.5 Å². The van der Waals surface area contributed by atoms with Crippen molar-refractivity contribution in [2.75, 3.05) is 58.6 Å². The van der Waals surface area contributed by atoms with E-state index >= 15 is 0 Å². The Hall–Kier alpha value is -4.32. The van der Waals surface area contributed by atoms with Gasteiger partial charge in [-0.15, -0.1) is 10.2 Å². The molecule has 0 unspecified atom stereocenters. The lowest BCUT2D eigenvalue weighted by molar-refractivity contribution is -0.132. The number of carbonyl (C=O) groups is 1. The number of benzene rings is 2. The van der Waals surface area contributed by atoms with Gasteiger partial charge in [-0.25, -0.2) is 0 Å². The molecule has 0 atom stereocenters. The SMILES string of the molecule is COc1ccc(-c2ccc(N3CCN(C(=O)CN(Cc4ccc5c(c4)OCO5)C(=S)NC(C)C)CC3)nn2)c(OC)c1. The highest BCUT2D eigenvalue weighted by atomic mass is 32.1. The zero-order valence-corrected chi connectivity index (χ0v) is 25.1. The molecule has 1 aromatic heterocycles. The number of piperazine rings is 1. The number of amides is 1. The molecule has 42 heavy (non-hydrogen) atoms. The Morgan fingerprint density at radius 2 is 1.79 bits per heavy atom. The first kappa shape index (κ1) is 29.2. The van der Waals surface area contributed by atoms with E-state index in [4.69, 9.17) is 31.2 Å². The summed E-state index contributed by atoms with van der Waals surface area (Å²) in [6.07, 6.45) is 0. The lowest BCUT2D eigenvalue weighted by Gasteiger charge is -2.36. The van der Waals surface area contributed by atoms with Crippen LogP contribution in [-0.2, 0) is 11.3 Å². The molecule has 0 saturated carbocycles. The number of ether oxygens (including phenoxy) is 4. The molecule has 2 aliphatic heterocycles. The molecular weight excluding hydrogens is 556 g/mol. The number of carbonyl (C=O) groups excluding carboxylic acids is 1. The molecule has 5 rings (SSSR count). The summed E-state index contributed by atoms with van der Waals surface area (Å²) in [5, 5.41) is 12.7. The number of rotatable bonds is 9. The van der Waals surface area contributed by atoms with Gasteiger partial charge in [0.2, 0.25) is 12.7 Å². The second-order valence-electron chi connectivity index (χ2n) is 10.4. The van der Waals surface area contributed by atoms with E-state index in [2.05, 4.69) is 20.4 Å². The second-order valence-corrected chi connectivity index (χ2v) is 10.7. The molecule has 0 radical (unpaired) electrons. The number of thiocarbonyl (C=S) groups is 1. The number of aromatic nitrogens is 2. The van der Waals surface area contributed by atoms with Gasteiger partial charge in [-0.1, -0.05) is 6.07 Å². The quantitative estimate of drug-likeness (QED) is 0.370. The molecule has 0 spiro atoms. The van der Waals surface area contributed by atoms with Crippen LogP contribution in [0.5, 0.6) is 23.0 Å². The van der Waals surface area contributed by atoms with Crippen molar-refractivity contribution >= 4 is 29.1 Å². The topological polar surface area (TPSA) is 102 Å². The Kier molecular flexibility index (Phi) is 9.11. The third kappa shape index (κ3) is 6.76. The predicted octanol–water partition coefficient (Wildman–Crippen LogP) is 3.32. The number of nitrogens with one attached hydrogen (secondary N) is 1. The average molecular weight is 593 g/mol. The standard InChI is InChI=1S/C30H36N6O5S/c1-20(2)31-30(42)36(17-21-5-9-25-27(15-21)41-19-40-25)18-29(37)35-13-11-34(12-14-35)28-10-8-24(32-33-28)23-7-6-22(38-3)16-26(23)39-4/h5-10,15-16,20H,11-14,17-19H2,1-4H3,(H,31,42). The van der Waals surface area contributed by atoms with E-state index < -0.39 is 0 Å². The molecule has 12 heteroatoms. The molecule has 0 bridgehead atoms. The average Bonchev–Trinajstić information content (AvgIpc) is 3.48. The van der Waals surface area contributed by atoms with Crippen LogP contribution in [0.25, 0.3) is 11.3 Å². The number of nitrogens with zero attached hydrogens (tertiary/aromatic N) is 5. The Morgan fingerprint density at radius 1 is 1.00 bits per heavy atom. The lowest BCUT2D eigenvalue weighted by Crippen LogP contribution is -2.53. The molecule has 2 aromatic carbocycles. The highest BCUT2D eigenvalue weighted by molar-refractivity contribution is 7.80. The van der Waals surface area contributed by atoms with E-state index in [-0.39, 0.29) is 25.3 Å². The van der Waals surface area contributed by atoms with E-state index in [1.165, 1.54) is 0 Å². The van der Waals surface area contributed by atoms with Gasteiger partial charge in [-0.3, -0.25) is 4.79 Å². The minimum Gasteiger partial charge on any atom is -0.497 e. The predicted molar refractivity (Wildman–Crippen MR) is 163 cm³/mol. The van der Waals surface area contributed by atoms with Crippen molar-refractivity contribution in [2.24, 2.45) is 0 Å². The van der Waals surface area contributed by atoms with Crippen LogP contribution in [0.3, 0.4) is 0 Å². The van der Waals surface area contributed by atoms with E-state index in [9.17, 15) is 4.79 Å². The zero-order chi connectivity index (χ0) is 29.6. The van der Waals surface area contributed by atoms with Crippen molar-refractivity contribution in [3.63, 3.8) is 0 Å². The number of methoxy groups -OCH3 is 2. The number of anilines is 1. The smallest absolute Gasteiger partial charge is 0.242 e. The van der Waals surface area contributed by atoms with Crippen LogP contribution < -0.4 is 29.2 Å². The van der Waals surface area contributed by atoms with Gasteiger partial charge in [-0.2, -0.15) is 0 Å². The molecule has 1 amide bonds. The van der Waals surface area contributed by atoms with Crippen LogP contribution >= 0.6 is 12.2 Å². The number of hydrogen-bond donors (Lipinski definition) is 1. The fourth-order valence-corrected chi connectivity index (χ4v) is 5.26. The molecule has 2 aliphatic rings. The molecule has 1 fully saturated rings. The molecule has 11 nitrogen and oxygen atoms in total. The van der Waals surface area contributed by atoms with Crippen LogP contribution in [-0.4, -0.2) is 90.8 Å². The van der Waals surface area contributed by atoms with Crippen LogP contribution in [0, 0.1) is 0 Å². The van der Waals surface area contributed by atoms with Crippen LogP contribution in [0.4, 0.5) is 5.82 Å². The van der Waals surface area contributed by atoms with Gasteiger partial charge in [0.05, 0.1) is 26.5 Å². The first-order valence-corrected chi connectivity index (χ1v) is 14.3. The van der Waals surface area contributed by atoms with Gasteiger partial charge in [0.15, 0.2) is 22.4 Å². The van der Waals surface area contributed by atoms with E-state index in [1.807, 2.05) is 72.2 Å². The monoisotopic (exact) mass is 592 g/mol. The summed E-state index contributed by atoms with van der Waals surface area (Å²) in [6.45, 7) is 7.38. The maximum atomic E-state index is 13.4. The first-order chi connectivity index (χ1) is 20.3. The van der Waals surface area contributed by atoms with Crippen LogP contribution in [0.15, 0.2) is 48.5 Å². The van der Waals surface area contributed by atoms with Crippen LogP contribution in [0.1, 0.15) is 19.4 Å². The van der Waals surface area contributed by atoms with Crippen molar-refractivity contribution in [3.05, 3.63) is 54.1 Å². The maximum absolute atomic E-state index is 13.4. The fourth-order valence-electron chi connectivity index (χ4n) is 4.89. The molecule has 1 saturated heterocycles. The van der Waals surface area contributed by atoms with Gasteiger partial charge < -0.3 is 39.0 Å². The van der Waals surface area contributed by atoms with Crippen molar-refractivity contribution in [3.8, 4) is 34.3 Å². The summed E-state index contributed by atoms with van der Waals surface area (Å²) in [6, 6.07) is 15.4. The van der Waals surface area contributed by atoms with E-state index in [0.717, 1.165) is 22.7 Å². The number of fused-ring (bicyclic) bond motifs is 1.